The predicted octanol–water partition coefficient (Wildman–Crippen LogP) is 3.90. The Balaban J connectivity index is 1.42. The van der Waals surface area contributed by atoms with Crippen LogP contribution in [0.15, 0.2) is 47.8 Å². The zero-order valence-corrected chi connectivity index (χ0v) is 16.6. The fourth-order valence-electron chi connectivity index (χ4n) is 2.84. The number of amides is 1. The van der Waals surface area contributed by atoms with Gasteiger partial charge in [0.15, 0.2) is 11.5 Å². The first-order valence-corrected chi connectivity index (χ1v) is 9.87. The van der Waals surface area contributed by atoms with E-state index in [9.17, 15) is 4.79 Å². The molecule has 1 amide bonds. The number of nitrogens with zero attached hydrogens (tertiary/aromatic N) is 2. The maximum Gasteiger partial charge on any atom is 0.275 e. The molecule has 3 aromatic rings. The summed E-state index contributed by atoms with van der Waals surface area (Å²) in [6.07, 6.45) is 0.978. The number of aromatic nitrogens is 1. The molecule has 7 heteroatoms. The number of rotatable bonds is 6. The number of carbonyl (C=O) groups is 1. The van der Waals surface area contributed by atoms with Crippen molar-refractivity contribution >= 4 is 22.9 Å². The molecule has 4 rings (SSSR count). The lowest BCUT2D eigenvalue weighted by molar-refractivity contribution is 0.102. The first-order chi connectivity index (χ1) is 13.6. The van der Waals surface area contributed by atoms with E-state index in [2.05, 4.69) is 29.3 Å². The molecule has 1 aliphatic heterocycles. The summed E-state index contributed by atoms with van der Waals surface area (Å²) in [6.45, 7) is 1.23. The smallest absolute Gasteiger partial charge is 0.275 e. The summed E-state index contributed by atoms with van der Waals surface area (Å²) in [4.78, 5) is 19.1. The normalized spacial score (nSPS) is 12.4. The minimum Gasteiger partial charge on any atom is -0.454 e. The van der Waals surface area contributed by atoms with Crippen LogP contribution in [0.1, 0.15) is 16.1 Å². The Hall–Kier alpha value is -2.90. The van der Waals surface area contributed by atoms with E-state index in [0.717, 1.165) is 35.0 Å². The molecule has 1 aliphatic rings. The predicted molar refractivity (Wildman–Crippen MR) is 110 cm³/mol. The number of hydrogen-bond donors (Lipinski definition) is 1. The molecule has 0 aliphatic carbocycles. The SMILES string of the molecule is CN(C)CCc1ccc(NC(=O)c2csc(-c3ccc4c(c3)OCO4)n2)cc1. The highest BCUT2D eigenvalue weighted by Crippen LogP contribution is 2.36. The number of nitrogens with one attached hydrogen (secondary N) is 1. The summed E-state index contributed by atoms with van der Waals surface area (Å²) in [7, 11) is 4.11. The van der Waals surface area contributed by atoms with Gasteiger partial charge in [0.05, 0.1) is 0 Å². The number of hydrogen-bond acceptors (Lipinski definition) is 6. The van der Waals surface area contributed by atoms with Gasteiger partial charge >= 0.3 is 0 Å². The minimum atomic E-state index is -0.218. The molecule has 2 aromatic carbocycles. The standard InChI is InChI=1S/C21H21N3O3S/c1-24(2)10-9-14-3-6-16(7-4-14)22-20(25)17-12-28-21(23-17)15-5-8-18-19(11-15)27-13-26-18/h3-8,11-12H,9-10,13H2,1-2H3,(H,22,25). The molecular formula is C21H21N3O3S. The Bertz CT molecular complexity index is 983. The van der Waals surface area contributed by atoms with E-state index < -0.39 is 0 Å². The lowest BCUT2D eigenvalue weighted by atomic mass is 10.1. The molecule has 1 N–H and O–H groups in total. The van der Waals surface area contributed by atoms with Crippen molar-refractivity contribution in [3.8, 4) is 22.1 Å². The Labute approximate surface area is 167 Å². The van der Waals surface area contributed by atoms with Crippen molar-refractivity contribution in [3.63, 3.8) is 0 Å². The van der Waals surface area contributed by atoms with E-state index in [1.807, 2.05) is 42.5 Å². The summed E-state index contributed by atoms with van der Waals surface area (Å²) in [5, 5.41) is 5.44. The molecule has 0 bridgehead atoms. The molecule has 1 aromatic heterocycles. The van der Waals surface area contributed by atoms with E-state index in [1.165, 1.54) is 16.9 Å². The monoisotopic (exact) mass is 395 g/mol. The first-order valence-electron chi connectivity index (χ1n) is 8.99. The topological polar surface area (TPSA) is 63.7 Å². The van der Waals surface area contributed by atoms with Gasteiger partial charge in [-0.2, -0.15) is 0 Å². The van der Waals surface area contributed by atoms with Crippen LogP contribution in [0.3, 0.4) is 0 Å². The van der Waals surface area contributed by atoms with Crippen LogP contribution in [0, 0.1) is 0 Å². The van der Waals surface area contributed by atoms with Gasteiger partial charge < -0.3 is 19.7 Å². The number of anilines is 1. The van der Waals surface area contributed by atoms with E-state index in [0.29, 0.717) is 11.4 Å². The van der Waals surface area contributed by atoms with E-state index in [4.69, 9.17) is 9.47 Å². The molecule has 0 saturated heterocycles. The van der Waals surface area contributed by atoms with Crippen molar-refractivity contribution in [3.05, 3.63) is 59.1 Å². The fourth-order valence-corrected chi connectivity index (χ4v) is 3.64. The van der Waals surface area contributed by atoms with Gasteiger partial charge in [-0.15, -0.1) is 11.3 Å². The molecule has 6 nitrogen and oxygen atoms in total. The van der Waals surface area contributed by atoms with Gasteiger partial charge in [0.1, 0.15) is 10.7 Å². The summed E-state index contributed by atoms with van der Waals surface area (Å²) in [6, 6.07) is 13.6. The van der Waals surface area contributed by atoms with Crippen molar-refractivity contribution in [2.45, 2.75) is 6.42 Å². The van der Waals surface area contributed by atoms with Gasteiger partial charge in [0.2, 0.25) is 6.79 Å². The zero-order chi connectivity index (χ0) is 19.5. The molecule has 0 radical (unpaired) electrons. The second kappa shape index (κ2) is 8.00. The average molecular weight is 395 g/mol. The van der Waals surface area contributed by atoms with Crippen LogP contribution >= 0.6 is 11.3 Å². The van der Waals surface area contributed by atoms with Crippen LogP contribution in [0.4, 0.5) is 5.69 Å². The highest BCUT2D eigenvalue weighted by atomic mass is 32.1. The molecule has 0 atom stereocenters. The highest BCUT2D eigenvalue weighted by molar-refractivity contribution is 7.13. The number of carbonyl (C=O) groups excluding carboxylic acids is 1. The molecule has 28 heavy (non-hydrogen) atoms. The summed E-state index contributed by atoms with van der Waals surface area (Å²) < 4.78 is 10.7. The van der Waals surface area contributed by atoms with E-state index in [-0.39, 0.29) is 12.7 Å². The Morgan fingerprint density at radius 1 is 1.14 bits per heavy atom. The fraction of sp³-hybridized carbons (Fsp3) is 0.238. The van der Waals surface area contributed by atoms with Crippen molar-refractivity contribution < 1.29 is 14.3 Å². The molecule has 0 unspecified atom stereocenters. The molecule has 0 fully saturated rings. The summed E-state index contributed by atoms with van der Waals surface area (Å²) in [5.41, 5.74) is 3.30. The Morgan fingerprint density at radius 3 is 2.71 bits per heavy atom. The van der Waals surface area contributed by atoms with Crippen LogP contribution in [0.5, 0.6) is 11.5 Å². The van der Waals surface area contributed by atoms with Gasteiger partial charge in [-0.05, 0) is 56.4 Å². The number of likely N-dealkylation sites (N-methyl/N-ethyl adjacent to an activating group) is 1. The average Bonchev–Trinajstić information content (AvgIpc) is 3.36. The molecule has 2 heterocycles. The maximum absolute atomic E-state index is 12.5. The summed E-state index contributed by atoms with van der Waals surface area (Å²) >= 11 is 1.43. The van der Waals surface area contributed by atoms with Crippen LogP contribution < -0.4 is 14.8 Å². The number of fused-ring (bicyclic) bond motifs is 1. The van der Waals surface area contributed by atoms with Crippen molar-refractivity contribution in [1.82, 2.24) is 9.88 Å². The van der Waals surface area contributed by atoms with Gasteiger partial charge in [0, 0.05) is 23.2 Å². The second-order valence-electron chi connectivity index (χ2n) is 6.81. The highest BCUT2D eigenvalue weighted by Gasteiger charge is 2.17. The zero-order valence-electron chi connectivity index (χ0n) is 15.8. The van der Waals surface area contributed by atoms with Crippen LogP contribution in [0.25, 0.3) is 10.6 Å². The Morgan fingerprint density at radius 2 is 1.93 bits per heavy atom. The summed E-state index contributed by atoms with van der Waals surface area (Å²) in [5.74, 6) is 1.21. The van der Waals surface area contributed by atoms with Gasteiger partial charge in [0.25, 0.3) is 5.91 Å². The third-order valence-corrected chi connectivity index (χ3v) is 5.31. The number of ether oxygens (including phenoxy) is 2. The van der Waals surface area contributed by atoms with Crippen molar-refractivity contribution in [2.24, 2.45) is 0 Å². The molecular weight excluding hydrogens is 374 g/mol. The third-order valence-electron chi connectivity index (χ3n) is 4.42. The van der Waals surface area contributed by atoms with E-state index in [1.54, 1.807) is 5.38 Å². The largest absolute Gasteiger partial charge is 0.454 e. The lowest BCUT2D eigenvalue weighted by Gasteiger charge is -2.09. The Kier molecular flexibility index (Phi) is 5.27. The lowest BCUT2D eigenvalue weighted by Crippen LogP contribution is -2.15. The quantitative estimate of drug-likeness (QED) is 0.686. The van der Waals surface area contributed by atoms with Crippen molar-refractivity contribution in [2.75, 3.05) is 32.7 Å². The van der Waals surface area contributed by atoms with Crippen LogP contribution in [-0.2, 0) is 6.42 Å². The van der Waals surface area contributed by atoms with Crippen molar-refractivity contribution in [1.29, 1.82) is 0 Å². The molecule has 0 spiro atoms. The maximum atomic E-state index is 12.5. The second-order valence-corrected chi connectivity index (χ2v) is 7.67. The van der Waals surface area contributed by atoms with Crippen LogP contribution in [0.2, 0.25) is 0 Å². The van der Waals surface area contributed by atoms with Gasteiger partial charge in [-0.1, -0.05) is 12.1 Å². The molecule has 144 valence electrons. The van der Waals surface area contributed by atoms with Gasteiger partial charge in [-0.25, -0.2) is 4.98 Å². The first kappa shape index (κ1) is 18.5. The third kappa shape index (κ3) is 4.16. The molecule has 0 saturated carbocycles. The minimum absolute atomic E-state index is 0.218. The van der Waals surface area contributed by atoms with Crippen LogP contribution in [-0.4, -0.2) is 43.2 Å². The van der Waals surface area contributed by atoms with Gasteiger partial charge in [-0.3, -0.25) is 4.79 Å². The number of benzene rings is 2. The number of thiazole rings is 1. The van der Waals surface area contributed by atoms with E-state index >= 15 is 0 Å².